The van der Waals surface area contributed by atoms with E-state index in [1.165, 1.54) is 0 Å². The third-order valence-corrected chi connectivity index (χ3v) is 5.16. The second-order valence-electron chi connectivity index (χ2n) is 6.45. The monoisotopic (exact) mass is 408 g/mol. The highest BCUT2D eigenvalue weighted by molar-refractivity contribution is 9.10. The Labute approximate surface area is 163 Å². The molecule has 0 saturated carbocycles. The number of ether oxygens (including phenoxy) is 1. The van der Waals surface area contributed by atoms with E-state index in [0.29, 0.717) is 13.0 Å². The van der Waals surface area contributed by atoms with Gasteiger partial charge in [-0.05, 0) is 43.2 Å². The van der Waals surface area contributed by atoms with Crippen LogP contribution in [0.5, 0.6) is 5.75 Å². The number of rotatable bonds is 7. The average Bonchev–Trinajstić information content (AvgIpc) is 2.70. The van der Waals surface area contributed by atoms with Crippen molar-refractivity contribution in [1.29, 1.82) is 0 Å². The van der Waals surface area contributed by atoms with Crippen molar-refractivity contribution in [3.8, 4) is 5.75 Å². The summed E-state index contributed by atoms with van der Waals surface area (Å²) in [5, 5.41) is 0. The van der Waals surface area contributed by atoms with Crippen molar-refractivity contribution in [2.45, 2.75) is 18.8 Å². The van der Waals surface area contributed by atoms with Crippen LogP contribution in [0.25, 0.3) is 0 Å². The summed E-state index contributed by atoms with van der Waals surface area (Å²) in [6, 6.07) is 27.1. The first-order chi connectivity index (χ1) is 12.6. The molecule has 0 aromatic heterocycles. The van der Waals surface area contributed by atoms with Crippen LogP contribution in [0.15, 0.2) is 89.4 Å². The van der Waals surface area contributed by atoms with Crippen molar-refractivity contribution in [1.82, 2.24) is 0 Å². The van der Waals surface area contributed by atoms with E-state index in [0.717, 1.165) is 21.3 Å². The van der Waals surface area contributed by atoms with Crippen LogP contribution >= 0.6 is 15.9 Å². The minimum atomic E-state index is -0.641. The van der Waals surface area contributed by atoms with Crippen molar-refractivity contribution in [2.75, 3.05) is 6.61 Å². The average molecular weight is 409 g/mol. The second kappa shape index (κ2) is 8.33. The lowest BCUT2D eigenvalue weighted by atomic mass is 9.74. The molecule has 3 aromatic rings. The minimum absolute atomic E-state index is 0.115. The lowest BCUT2D eigenvalue weighted by molar-refractivity contribution is 0.0871. The van der Waals surface area contributed by atoms with E-state index >= 15 is 0 Å². The first-order valence-corrected chi connectivity index (χ1v) is 9.43. The lowest BCUT2D eigenvalue weighted by Gasteiger charge is -2.29. The van der Waals surface area contributed by atoms with Crippen LogP contribution in [-0.4, -0.2) is 12.4 Å². The van der Waals surface area contributed by atoms with Crippen molar-refractivity contribution in [3.63, 3.8) is 0 Å². The summed E-state index contributed by atoms with van der Waals surface area (Å²) in [6.07, 6.45) is 0.598. The molecule has 0 N–H and O–H groups in total. The van der Waals surface area contributed by atoms with Gasteiger partial charge in [-0.1, -0.05) is 76.6 Å². The standard InChI is InChI=1S/C23H21BrO2/c1-23(19-10-6-3-7-11-19,22(25)18-8-4-2-5-9-18)16-17-26-21-14-12-20(24)13-15-21/h2-15H,16-17H2,1H3. The van der Waals surface area contributed by atoms with E-state index in [4.69, 9.17) is 4.74 Å². The Bertz CT molecular complexity index is 844. The van der Waals surface area contributed by atoms with E-state index in [2.05, 4.69) is 15.9 Å². The summed E-state index contributed by atoms with van der Waals surface area (Å²) < 4.78 is 6.90. The van der Waals surface area contributed by atoms with Gasteiger partial charge in [0.25, 0.3) is 0 Å². The second-order valence-corrected chi connectivity index (χ2v) is 7.36. The quantitative estimate of drug-likeness (QED) is 0.444. The van der Waals surface area contributed by atoms with Gasteiger partial charge in [0.05, 0.1) is 12.0 Å². The molecule has 0 fully saturated rings. The molecule has 26 heavy (non-hydrogen) atoms. The van der Waals surface area contributed by atoms with Gasteiger partial charge in [0.1, 0.15) is 5.75 Å². The molecule has 3 heteroatoms. The molecule has 0 heterocycles. The summed E-state index contributed by atoms with van der Waals surface area (Å²) in [4.78, 5) is 13.3. The Hall–Kier alpha value is -2.39. The maximum Gasteiger partial charge on any atom is 0.173 e. The van der Waals surface area contributed by atoms with Crippen LogP contribution < -0.4 is 4.74 Å². The van der Waals surface area contributed by atoms with Gasteiger partial charge < -0.3 is 4.74 Å². The molecule has 132 valence electrons. The molecule has 0 aliphatic carbocycles. The molecule has 3 rings (SSSR count). The maximum atomic E-state index is 13.3. The minimum Gasteiger partial charge on any atom is -0.494 e. The van der Waals surface area contributed by atoms with Gasteiger partial charge in [-0.15, -0.1) is 0 Å². The van der Waals surface area contributed by atoms with E-state index in [1.807, 2.05) is 91.9 Å². The molecular formula is C23H21BrO2. The molecule has 0 saturated heterocycles. The van der Waals surface area contributed by atoms with E-state index in [9.17, 15) is 4.79 Å². The van der Waals surface area contributed by atoms with Crippen molar-refractivity contribution < 1.29 is 9.53 Å². The van der Waals surface area contributed by atoms with Gasteiger partial charge in [-0.2, -0.15) is 0 Å². The van der Waals surface area contributed by atoms with Gasteiger partial charge in [0.2, 0.25) is 0 Å². The van der Waals surface area contributed by atoms with Crippen LogP contribution in [0.4, 0.5) is 0 Å². The molecule has 0 bridgehead atoms. The predicted octanol–water partition coefficient (Wildman–Crippen LogP) is 6.06. The molecular weight excluding hydrogens is 388 g/mol. The first kappa shape index (κ1) is 18.4. The SMILES string of the molecule is CC(CCOc1ccc(Br)cc1)(C(=O)c1ccccc1)c1ccccc1. The summed E-state index contributed by atoms with van der Waals surface area (Å²) in [5.41, 5.74) is 1.09. The maximum absolute atomic E-state index is 13.3. The van der Waals surface area contributed by atoms with Crippen molar-refractivity contribution >= 4 is 21.7 Å². The van der Waals surface area contributed by atoms with E-state index < -0.39 is 5.41 Å². The highest BCUT2D eigenvalue weighted by Crippen LogP contribution is 2.32. The molecule has 0 amide bonds. The van der Waals surface area contributed by atoms with Crippen LogP contribution in [0, 0.1) is 0 Å². The number of hydrogen-bond donors (Lipinski definition) is 0. The zero-order chi connectivity index (χ0) is 18.4. The van der Waals surface area contributed by atoms with Gasteiger partial charge in [0, 0.05) is 10.0 Å². The summed E-state index contributed by atoms with van der Waals surface area (Å²) in [6.45, 7) is 2.47. The van der Waals surface area contributed by atoms with Gasteiger partial charge in [-0.25, -0.2) is 0 Å². The third-order valence-electron chi connectivity index (χ3n) is 4.63. The molecule has 1 atom stereocenters. The molecule has 0 aliphatic heterocycles. The number of ketones is 1. The summed E-state index contributed by atoms with van der Waals surface area (Å²) >= 11 is 3.42. The van der Waals surface area contributed by atoms with Crippen LogP contribution in [-0.2, 0) is 5.41 Å². The fourth-order valence-electron chi connectivity index (χ4n) is 3.01. The lowest BCUT2D eigenvalue weighted by Crippen LogP contribution is -2.34. The Morgan fingerprint density at radius 2 is 1.46 bits per heavy atom. The Balaban J connectivity index is 1.81. The fraction of sp³-hybridized carbons (Fsp3) is 0.174. The summed E-state index contributed by atoms with van der Waals surface area (Å²) in [7, 11) is 0. The van der Waals surface area contributed by atoms with E-state index in [1.54, 1.807) is 0 Å². The van der Waals surface area contributed by atoms with Gasteiger partial charge in [0.15, 0.2) is 5.78 Å². The zero-order valence-electron chi connectivity index (χ0n) is 14.7. The molecule has 0 spiro atoms. The Morgan fingerprint density at radius 1 is 0.885 bits per heavy atom. The number of Topliss-reactive ketones (excluding diaryl/α,β-unsaturated/α-hetero) is 1. The Kier molecular flexibility index (Phi) is 5.89. The number of hydrogen-bond acceptors (Lipinski definition) is 2. The smallest absolute Gasteiger partial charge is 0.173 e. The Morgan fingerprint density at radius 3 is 2.08 bits per heavy atom. The van der Waals surface area contributed by atoms with Gasteiger partial charge in [-0.3, -0.25) is 4.79 Å². The van der Waals surface area contributed by atoms with Crippen molar-refractivity contribution in [3.05, 3.63) is 101 Å². The molecule has 0 aliphatic rings. The molecule has 1 unspecified atom stereocenters. The normalized spacial score (nSPS) is 13.0. The van der Waals surface area contributed by atoms with E-state index in [-0.39, 0.29) is 5.78 Å². The van der Waals surface area contributed by atoms with Gasteiger partial charge >= 0.3 is 0 Å². The number of carbonyl (C=O) groups excluding carboxylic acids is 1. The zero-order valence-corrected chi connectivity index (χ0v) is 16.3. The van der Waals surface area contributed by atoms with Crippen LogP contribution in [0.2, 0.25) is 0 Å². The molecule has 2 nitrogen and oxygen atoms in total. The van der Waals surface area contributed by atoms with Crippen molar-refractivity contribution in [2.24, 2.45) is 0 Å². The van der Waals surface area contributed by atoms with Crippen LogP contribution in [0.1, 0.15) is 29.3 Å². The predicted molar refractivity (Wildman–Crippen MR) is 109 cm³/mol. The topological polar surface area (TPSA) is 26.3 Å². The third kappa shape index (κ3) is 4.23. The van der Waals surface area contributed by atoms with Crippen LogP contribution in [0.3, 0.4) is 0 Å². The summed E-state index contributed by atoms with van der Waals surface area (Å²) in [5.74, 6) is 0.916. The molecule has 0 radical (unpaired) electrons. The highest BCUT2D eigenvalue weighted by atomic mass is 79.9. The highest BCUT2D eigenvalue weighted by Gasteiger charge is 2.35. The molecule has 3 aromatic carbocycles. The number of benzene rings is 3. The largest absolute Gasteiger partial charge is 0.494 e. The first-order valence-electron chi connectivity index (χ1n) is 8.63. The fourth-order valence-corrected chi connectivity index (χ4v) is 3.27. The number of halogens is 1. The number of carbonyl (C=O) groups is 1.